The second kappa shape index (κ2) is 6.46. The number of rotatable bonds is 4. The van der Waals surface area contributed by atoms with Crippen molar-refractivity contribution in [1.82, 2.24) is 4.98 Å². The predicted molar refractivity (Wildman–Crippen MR) is 107 cm³/mol. The largest absolute Gasteiger partial charge is 0.398 e. The number of pyridine rings is 1. The number of nitrogen functional groups attached to an aromatic ring is 1. The number of aromatic nitrogens is 1. The van der Waals surface area contributed by atoms with Crippen molar-refractivity contribution in [2.45, 2.75) is 0 Å². The van der Waals surface area contributed by atoms with Gasteiger partial charge in [0.1, 0.15) is 0 Å². The minimum atomic E-state index is -0.155. The molecular weight excluding hydrogens is 324 g/mol. The molecule has 1 heterocycles. The molecule has 3 aromatic carbocycles. The fourth-order valence-electron chi connectivity index (χ4n) is 3.16. The van der Waals surface area contributed by atoms with Gasteiger partial charge in [0.15, 0.2) is 5.78 Å². The van der Waals surface area contributed by atoms with Gasteiger partial charge in [-0.25, -0.2) is 4.98 Å². The number of nitrogens with one attached hydrogen (secondary N) is 1. The summed E-state index contributed by atoms with van der Waals surface area (Å²) in [5.41, 5.74) is 16.3. The Morgan fingerprint density at radius 2 is 1.65 bits per heavy atom. The van der Waals surface area contributed by atoms with Crippen LogP contribution >= 0.6 is 0 Å². The zero-order chi connectivity index (χ0) is 18.1. The van der Waals surface area contributed by atoms with Crippen LogP contribution in [0.4, 0.5) is 17.1 Å². The third-order valence-corrected chi connectivity index (χ3v) is 4.42. The van der Waals surface area contributed by atoms with Crippen LogP contribution in [0.15, 0.2) is 66.7 Å². The Morgan fingerprint density at radius 3 is 2.42 bits per heavy atom. The van der Waals surface area contributed by atoms with E-state index in [0.29, 0.717) is 16.9 Å². The van der Waals surface area contributed by atoms with Crippen LogP contribution in [0.1, 0.15) is 10.4 Å². The lowest BCUT2D eigenvalue weighted by Gasteiger charge is -2.16. The van der Waals surface area contributed by atoms with Crippen molar-refractivity contribution in [3.63, 3.8) is 0 Å². The highest BCUT2D eigenvalue weighted by atomic mass is 16.1. The monoisotopic (exact) mass is 342 g/mol. The zero-order valence-electron chi connectivity index (χ0n) is 14.1. The molecule has 26 heavy (non-hydrogen) atoms. The number of hydrogen-bond donors (Lipinski definition) is 3. The lowest BCUT2D eigenvalue weighted by molar-refractivity contribution is 0.100. The summed E-state index contributed by atoms with van der Waals surface area (Å²) in [4.78, 5) is 17.1. The minimum Gasteiger partial charge on any atom is -0.398 e. The molecule has 128 valence electrons. The summed E-state index contributed by atoms with van der Waals surface area (Å²) in [6.45, 7) is -0.0735. The molecule has 4 aromatic rings. The van der Waals surface area contributed by atoms with Gasteiger partial charge in [-0.05, 0) is 30.3 Å². The third kappa shape index (κ3) is 2.64. The van der Waals surface area contributed by atoms with Crippen LogP contribution in [0.25, 0.3) is 21.8 Å². The molecular formula is C21H18N4O. The number of carbonyl (C=O) groups excluding carboxylic acids is 1. The number of anilines is 3. The molecule has 0 aliphatic heterocycles. The van der Waals surface area contributed by atoms with Gasteiger partial charge in [-0.15, -0.1) is 0 Å². The molecule has 0 unspecified atom stereocenters. The second-order valence-corrected chi connectivity index (χ2v) is 6.04. The number of hydrogen-bond acceptors (Lipinski definition) is 5. The molecule has 5 nitrogen and oxygen atoms in total. The first-order valence-corrected chi connectivity index (χ1v) is 8.35. The van der Waals surface area contributed by atoms with E-state index in [0.717, 1.165) is 27.5 Å². The van der Waals surface area contributed by atoms with E-state index in [1.807, 2.05) is 60.7 Å². The van der Waals surface area contributed by atoms with Crippen molar-refractivity contribution in [3.8, 4) is 0 Å². The lowest BCUT2D eigenvalue weighted by atomic mass is 10.00. The lowest BCUT2D eigenvalue weighted by Crippen LogP contribution is -2.15. The molecule has 0 aliphatic carbocycles. The van der Waals surface area contributed by atoms with Gasteiger partial charge in [0, 0.05) is 22.0 Å². The van der Waals surface area contributed by atoms with Gasteiger partial charge in [0.25, 0.3) is 0 Å². The first kappa shape index (κ1) is 16.1. The van der Waals surface area contributed by atoms with Gasteiger partial charge in [0.05, 0.1) is 29.0 Å². The van der Waals surface area contributed by atoms with Crippen molar-refractivity contribution in [1.29, 1.82) is 0 Å². The van der Waals surface area contributed by atoms with Gasteiger partial charge < -0.3 is 16.8 Å². The highest BCUT2D eigenvalue weighted by molar-refractivity contribution is 6.17. The Labute approximate surface area is 150 Å². The van der Waals surface area contributed by atoms with E-state index < -0.39 is 0 Å². The summed E-state index contributed by atoms with van der Waals surface area (Å²) in [6, 6.07) is 20.9. The van der Waals surface area contributed by atoms with E-state index in [1.165, 1.54) is 0 Å². The topological polar surface area (TPSA) is 94.0 Å². The van der Waals surface area contributed by atoms with Crippen LogP contribution in [-0.4, -0.2) is 17.3 Å². The second-order valence-electron chi connectivity index (χ2n) is 6.04. The van der Waals surface area contributed by atoms with Crippen LogP contribution < -0.4 is 16.8 Å². The van der Waals surface area contributed by atoms with Crippen LogP contribution in [-0.2, 0) is 0 Å². The molecule has 0 aliphatic rings. The molecule has 4 rings (SSSR count). The van der Waals surface area contributed by atoms with Crippen LogP contribution in [0.5, 0.6) is 0 Å². The van der Waals surface area contributed by atoms with E-state index in [1.54, 1.807) is 6.07 Å². The third-order valence-electron chi connectivity index (χ3n) is 4.42. The molecule has 0 radical (unpaired) electrons. The first-order valence-electron chi connectivity index (χ1n) is 8.35. The van der Waals surface area contributed by atoms with Crippen molar-refractivity contribution < 1.29 is 4.79 Å². The molecule has 5 heteroatoms. The van der Waals surface area contributed by atoms with Gasteiger partial charge in [-0.2, -0.15) is 0 Å². The molecule has 0 saturated carbocycles. The molecule has 0 spiro atoms. The summed E-state index contributed by atoms with van der Waals surface area (Å²) in [6.07, 6.45) is 0. The van der Waals surface area contributed by atoms with Crippen LogP contribution in [0.2, 0.25) is 0 Å². The highest BCUT2D eigenvalue weighted by Gasteiger charge is 2.18. The standard InChI is InChI=1S/C21H18N4O/c22-12-18(26)15-10-11-17-19(21(15)24-13-6-2-1-3-7-13)20(23)14-8-4-5-9-16(14)25-17/h1-11,24H,12,22H2,(H2,23,25). The molecule has 1 aromatic heterocycles. The average molecular weight is 342 g/mol. The summed E-state index contributed by atoms with van der Waals surface area (Å²) in [7, 11) is 0. The average Bonchev–Trinajstić information content (AvgIpc) is 2.68. The van der Waals surface area contributed by atoms with E-state index in [-0.39, 0.29) is 12.3 Å². The Balaban J connectivity index is 2.06. The molecule has 0 saturated heterocycles. The zero-order valence-corrected chi connectivity index (χ0v) is 14.1. The molecule has 0 fully saturated rings. The van der Waals surface area contributed by atoms with E-state index >= 15 is 0 Å². The van der Waals surface area contributed by atoms with Crippen molar-refractivity contribution in [2.75, 3.05) is 17.6 Å². The summed E-state index contributed by atoms with van der Waals surface area (Å²) in [5.74, 6) is -0.155. The maximum Gasteiger partial charge on any atom is 0.178 e. The van der Waals surface area contributed by atoms with Crippen molar-refractivity contribution in [3.05, 3.63) is 72.3 Å². The number of carbonyl (C=O) groups is 1. The Morgan fingerprint density at radius 1 is 0.923 bits per heavy atom. The maximum absolute atomic E-state index is 12.4. The minimum absolute atomic E-state index is 0.0735. The fraction of sp³-hybridized carbons (Fsp3) is 0.0476. The highest BCUT2D eigenvalue weighted by Crippen LogP contribution is 2.37. The number of nitrogens with two attached hydrogens (primary N) is 2. The number of ketones is 1. The van der Waals surface area contributed by atoms with Crippen molar-refractivity contribution in [2.24, 2.45) is 5.73 Å². The van der Waals surface area contributed by atoms with E-state index in [9.17, 15) is 4.79 Å². The van der Waals surface area contributed by atoms with Crippen LogP contribution in [0.3, 0.4) is 0 Å². The SMILES string of the molecule is NCC(=O)c1ccc2nc3ccccc3c(N)c2c1Nc1ccccc1. The van der Waals surface area contributed by atoms with E-state index in [4.69, 9.17) is 16.5 Å². The predicted octanol–water partition coefficient (Wildman–Crippen LogP) is 3.86. The fourth-order valence-corrected chi connectivity index (χ4v) is 3.16. The summed E-state index contributed by atoms with van der Waals surface area (Å²) in [5, 5.41) is 4.92. The molecule has 0 atom stereocenters. The van der Waals surface area contributed by atoms with E-state index in [2.05, 4.69) is 5.32 Å². The van der Waals surface area contributed by atoms with Gasteiger partial charge >= 0.3 is 0 Å². The van der Waals surface area contributed by atoms with Crippen LogP contribution in [0, 0.1) is 0 Å². The van der Waals surface area contributed by atoms with Gasteiger partial charge in [-0.3, -0.25) is 4.79 Å². The van der Waals surface area contributed by atoms with Crippen molar-refractivity contribution >= 4 is 44.7 Å². The smallest absolute Gasteiger partial charge is 0.178 e. The first-order chi connectivity index (χ1) is 12.7. The number of nitrogens with zero attached hydrogens (tertiary/aromatic N) is 1. The molecule has 0 bridgehead atoms. The van der Waals surface area contributed by atoms with Gasteiger partial charge in [-0.1, -0.05) is 36.4 Å². The van der Waals surface area contributed by atoms with Gasteiger partial charge in [0.2, 0.25) is 0 Å². The maximum atomic E-state index is 12.4. The summed E-state index contributed by atoms with van der Waals surface area (Å²) >= 11 is 0. The quantitative estimate of drug-likeness (QED) is 0.387. The summed E-state index contributed by atoms with van der Waals surface area (Å²) < 4.78 is 0. The number of benzene rings is 3. The Hall–Kier alpha value is -3.44. The number of fused-ring (bicyclic) bond motifs is 2. The number of Topliss-reactive ketones (excluding diaryl/α,β-unsaturated/α-hetero) is 1. The number of para-hydroxylation sites is 2. The molecule has 0 amide bonds. The Bertz CT molecular complexity index is 1120. The normalized spacial score (nSPS) is 11.0. The Kier molecular flexibility index (Phi) is 3.99. The molecule has 5 N–H and O–H groups in total.